The van der Waals surface area contributed by atoms with E-state index in [1.807, 2.05) is 80.6 Å². The van der Waals surface area contributed by atoms with E-state index in [1.54, 1.807) is 24.3 Å². The van der Waals surface area contributed by atoms with E-state index in [4.69, 9.17) is 10.9 Å². The first-order valence-corrected chi connectivity index (χ1v) is 13.0. The average Bonchev–Trinajstić information content (AvgIpc) is 2.94. The van der Waals surface area contributed by atoms with Gasteiger partial charge >= 0.3 is 12.1 Å². The van der Waals surface area contributed by atoms with Gasteiger partial charge in [0, 0.05) is 11.7 Å². The number of ether oxygens (including phenoxy) is 2. The van der Waals surface area contributed by atoms with Gasteiger partial charge in [0.15, 0.2) is 6.79 Å². The van der Waals surface area contributed by atoms with Crippen LogP contribution in [0.2, 0.25) is 1.41 Å². The van der Waals surface area contributed by atoms with Gasteiger partial charge in [0.25, 0.3) is 0 Å². The highest BCUT2D eigenvalue weighted by Crippen LogP contribution is 2.18. The molecule has 0 radical (unpaired) electrons. The van der Waals surface area contributed by atoms with Crippen LogP contribution in [0.5, 0.6) is 0 Å². The second-order valence-electron chi connectivity index (χ2n) is 8.54. The minimum absolute atomic E-state index is 0.0000842. The second kappa shape index (κ2) is 14.7. The normalized spacial score (nSPS) is 12.7. The fourth-order valence-corrected chi connectivity index (χ4v) is 4.28. The molecule has 3 aromatic carbocycles. The summed E-state index contributed by atoms with van der Waals surface area (Å²) in [6, 6.07) is 26.1. The number of rotatable bonds is 12. The van der Waals surface area contributed by atoms with Crippen molar-refractivity contribution in [1.29, 1.82) is 0 Å². The molecule has 8 heteroatoms. The van der Waals surface area contributed by atoms with E-state index in [0.29, 0.717) is 5.31 Å². The smallest absolute Gasteiger partial charge is 0.408 e. The summed E-state index contributed by atoms with van der Waals surface area (Å²) in [6.07, 6.45) is -0.904. The van der Waals surface area contributed by atoms with Gasteiger partial charge in [0.2, 0.25) is 5.91 Å². The minimum Gasteiger partial charge on any atom is -0.459 e. The molecule has 194 valence electrons. The fourth-order valence-electron chi connectivity index (χ4n) is 3.37. The molecule has 2 amide bonds. The first kappa shape index (κ1) is 26.3. The molecule has 0 aliphatic heterocycles. The summed E-state index contributed by atoms with van der Waals surface area (Å²) in [5.74, 6) is -1.27. The van der Waals surface area contributed by atoms with Gasteiger partial charge in [-0.1, -0.05) is 105 Å². The Morgan fingerprint density at radius 1 is 0.784 bits per heavy atom. The lowest BCUT2D eigenvalue weighted by atomic mass is 10.1. The third-order valence-corrected chi connectivity index (χ3v) is 6.29. The number of carbonyl (C=O) groups is 3. The van der Waals surface area contributed by atoms with Gasteiger partial charge in [-0.2, -0.15) is 0 Å². The molecule has 0 unspecified atom stereocenters. The van der Waals surface area contributed by atoms with Gasteiger partial charge in [-0.3, -0.25) is 4.79 Å². The standard InChI is InChI=1S/C29H32N2O5S/c1-21(2)37-27(28(33)35-19-23-14-8-4-9-15-23)31-26(32)25(18-22-12-6-3-7-13-22)30-29(34)36-20-24-16-10-5-11-17-24/h3-17,21,25,27H,18-20H2,1-2H3,(H,30,34)(H,31,32)/t25-,27-/m0/s1/i/hD. The maximum Gasteiger partial charge on any atom is 0.408 e. The quantitative estimate of drug-likeness (QED) is 0.261. The minimum atomic E-state index is -1.24. The first-order valence-electron chi connectivity index (χ1n) is 12.5. The van der Waals surface area contributed by atoms with Gasteiger partial charge in [-0.05, 0) is 16.7 Å². The molecule has 0 bridgehead atoms. The highest BCUT2D eigenvalue weighted by atomic mass is 32.2. The summed E-state index contributed by atoms with van der Waals surface area (Å²) in [5, 5.41) is 2.20. The number of hydrogen-bond donors (Lipinski definition) is 2. The van der Waals surface area contributed by atoms with Crippen molar-refractivity contribution in [1.82, 2.24) is 10.6 Å². The Labute approximate surface area is 223 Å². The highest BCUT2D eigenvalue weighted by molar-refractivity contribution is 8.01. The van der Waals surface area contributed by atoms with Crippen molar-refractivity contribution in [3.63, 3.8) is 0 Å². The molecular weight excluding hydrogens is 488 g/mol. The third kappa shape index (κ3) is 10.0. The van der Waals surface area contributed by atoms with E-state index in [1.165, 1.54) is 11.8 Å². The lowest BCUT2D eigenvalue weighted by Gasteiger charge is -2.23. The summed E-state index contributed by atoms with van der Waals surface area (Å²) in [6.45, 7) is 3.82. The van der Waals surface area contributed by atoms with E-state index in [9.17, 15) is 14.4 Å². The zero-order chi connectivity index (χ0) is 27.3. The number of amides is 2. The topological polar surface area (TPSA) is 93.7 Å². The van der Waals surface area contributed by atoms with Crippen LogP contribution >= 0.6 is 11.8 Å². The number of benzene rings is 3. The van der Waals surface area contributed by atoms with E-state index in [0.717, 1.165) is 16.7 Å². The van der Waals surface area contributed by atoms with Gasteiger partial charge in [-0.25, -0.2) is 9.59 Å². The Balaban J connectivity index is 1.72. The van der Waals surface area contributed by atoms with Crippen molar-refractivity contribution in [2.45, 2.75) is 50.1 Å². The van der Waals surface area contributed by atoms with E-state index in [2.05, 4.69) is 5.32 Å². The number of nitrogens with one attached hydrogen (secondary N) is 2. The summed E-state index contributed by atoms with van der Waals surface area (Å²) in [5.41, 5.74) is 2.33. The molecule has 2 N–H and O–H groups in total. The van der Waals surface area contributed by atoms with Gasteiger partial charge in [0.05, 0.1) is 0 Å². The third-order valence-electron chi connectivity index (χ3n) is 5.16. The van der Waals surface area contributed by atoms with Crippen LogP contribution in [-0.2, 0) is 38.7 Å². The predicted molar refractivity (Wildman–Crippen MR) is 145 cm³/mol. The Hall–Kier alpha value is -3.78. The van der Waals surface area contributed by atoms with Crippen LogP contribution in [0.25, 0.3) is 0 Å². The molecule has 3 aromatic rings. The van der Waals surface area contributed by atoms with Crippen molar-refractivity contribution in [2.75, 3.05) is 0 Å². The predicted octanol–water partition coefficient (Wildman–Crippen LogP) is 4.85. The van der Waals surface area contributed by atoms with Crippen LogP contribution in [-0.4, -0.2) is 34.6 Å². The lowest BCUT2D eigenvalue weighted by molar-refractivity contribution is -0.146. The van der Waals surface area contributed by atoms with Crippen LogP contribution in [0.3, 0.4) is 0 Å². The second-order valence-corrected chi connectivity index (χ2v) is 10.2. The number of hydrogen-bond acceptors (Lipinski definition) is 6. The Bertz CT molecular complexity index is 1170. The molecular formula is C29H32N2O5S. The van der Waals surface area contributed by atoms with E-state index >= 15 is 0 Å². The average molecular weight is 522 g/mol. The first-order chi connectivity index (χ1) is 18.3. The molecule has 0 saturated heterocycles. The van der Waals surface area contributed by atoms with E-state index in [-0.39, 0.29) is 24.9 Å². The molecule has 0 fully saturated rings. The maximum atomic E-state index is 13.4. The summed E-state index contributed by atoms with van der Waals surface area (Å²) < 4.78 is 19.2. The molecule has 2 atom stereocenters. The Morgan fingerprint density at radius 2 is 1.27 bits per heavy atom. The van der Waals surface area contributed by atoms with Crippen LogP contribution in [0, 0.1) is 0 Å². The summed E-state index contributed by atoms with van der Waals surface area (Å²) in [7, 11) is 0. The van der Waals surface area contributed by atoms with Crippen LogP contribution in [0.1, 0.15) is 30.5 Å². The van der Waals surface area contributed by atoms with Gasteiger partial charge in [-0.15, -0.1) is 11.8 Å². The molecule has 0 aliphatic carbocycles. The number of esters is 1. The molecule has 0 spiro atoms. The Kier molecular flexibility index (Phi) is 10.4. The summed E-state index contributed by atoms with van der Waals surface area (Å²) in [4.78, 5) is 39.1. The van der Waals surface area contributed by atoms with Gasteiger partial charge in [0.1, 0.15) is 19.3 Å². The zero-order valence-corrected chi connectivity index (χ0v) is 21.7. The number of thioether (sulfide) groups is 1. The SMILES string of the molecule is [2H]N(C(=O)OCc1ccccc1)[C@@H](Cc1ccccc1)C(=O)N[C@@H](SC(C)C)C(=O)OCc1ccccc1. The van der Waals surface area contributed by atoms with Crippen molar-refractivity contribution < 1.29 is 25.3 Å². The molecule has 0 aromatic heterocycles. The lowest BCUT2D eigenvalue weighted by Crippen LogP contribution is -2.52. The van der Waals surface area contributed by atoms with Crippen LogP contribution in [0.15, 0.2) is 91.0 Å². The molecule has 7 nitrogen and oxygen atoms in total. The van der Waals surface area contributed by atoms with Crippen molar-refractivity contribution in [3.05, 3.63) is 108 Å². The van der Waals surface area contributed by atoms with Crippen LogP contribution < -0.4 is 10.6 Å². The van der Waals surface area contributed by atoms with Crippen molar-refractivity contribution in [2.24, 2.45) is 0 Å². The van der Waals surface area contributed by atoms with Gasteiger partial charge < -0.3 is 20.1 Å². The molecule has 0 heterocycles. The Morgan fingerprint density at radius 3 is 1.78 bits per heavy atom. The number of alkyl carbamates (subject to hydrolysis) is 1. The number of carbonyl (C=O) groups excluding carboxylic acids is 3. The van der Waals surface area contributed by atoms with Crippen molar-refractivity contribution in [3.8, 4) is 0 Å². The molecule has 37 heavy (non-hydrogen) atoms. The molecule has 0 saturated carbocycles. The highest BCUT2D eigenvalue weighted by Gasteiger charge is 2.29. The van der Waals surface area contributed by atoms with Crippen LogP contribution in [0.4, 0.5) is 4.79 Å². The fraction of sp³-hybridized carbons (Fsp3) is 0.276. The monoisotopic (exact) mass is 521 g/mol. The zero-order valence-electron chi connectivity index (χ0n) is 21.9. The van der Waals surface area contributed by atoms with E-state index < -0.39 is 29.4 Å². The molecule has 0 aliphatic rings. The summed E-state index contributed by atoms with van der Waals surface area (Å²) >= 11 is 1.22. The molecule has 3 rings (SSSR count). The largest absolute Gasteiger partial charge is 0.459 e. The maximum absolute atomic E-state index is 13.4. The van der Waals surface area contributed by atoms with Crippen molar-refractivity contribution >= 4 is 29.7 Å².